The third-order valence-corrected chi connectivity index (χ3v) is 5.19. The molecular formula is C18H30N2O2S. The molecule has 0 aromatic rings. The van der Waals surface area contributed by atoms with Crippen LogP contribution in [0.5, 0.6) is 0 Å². The summed E-state index contributed by atoms with van der Waals surface area (Å²) in [7, 11) is 3.37. The molecule has 0 atom stereocenters. The first-order valence-corrected chi connectivity index (χ1v) is 8.95. The van der Waals surface area contributed by atoms with Gasteiger partial charge in [0, 0.05) is 35.9 Å². The van der Waals surface area contributed by atoms with Crippen molar-refractivity contribution in [1.29, 1.82) is 0 Å². The van der Waals surface area contributed by atoms with Gasteiger partial charge >= 0.3 is 0 Å². The fourth-order valence-electron chi connectivity index (χ4n) is 2.20. The van der Waals surface area contributed by atoms with Gasteiger partial charge in [-0.25, -0.2) is 0 Å². The van der Waals surface area contributed by atoms with Gasteiger partial charge < -0.3 is 15.2 Å². The minimum absolute atomic E-state index is 0.864. The molecule has 0 spiro atoms. The molecule has 4 nitrogen and oxygen atoms in total. The van der Waals surface area contributed by atoms with Crippen LogP contribution < -0.4 is 5.73 Å². The van der Waals surface area contributed by atoms with Gasteiger partial charge in [0.2, 0.25) is 0 Å². The fraction of sp³-hybridized carbons (Fsp3) is 0.556. The Morgan fingerprint density at radius 3 is 2.65 bits per heavy atom. The maximum atomic E-state index is 6.17. The number of allylic oxidation sites excluding steroid dienone is 4. The first-order chi connectivity index (χ1) is 11.0. The average Bonchev–Trinajstić information content (AvgIpc) is 2.57. The minimum atomic E-state index is 0.864. The normalized spacial score (nSPS) is 18.4. The summed E-state index contributed by atoms with van der Waals surface area (Å²) < 4.78 is 10.6. The van der Waals surface area contributed by atoms with E-state index in [0.29, 0.717) is 0 Å². The predicted octanol–water partition coefficient (Wildman–Crippen LogP) is 3.64. The quantitative estimate of drug-likeness (QED) is 0.541. The van der Waals surface area contributed by atoms with Crippen LogP contribution in [0.15, 0.2) is 45.9 Å². The van der Waals surface area contributed by atoms with E-state index in [1.54, 1.807) is 14.2 Å². The number of methoxy groups -OCH3 is 2. The van der Waals surface area contributed by atoms with Gasteiger partial charge in [-0.2, -0.15) is 0 Å². The van der Waals surface area contributed by atoms with Crippen LogP contribution in [0.2, 0.25) is 0 Å². The topological polar surface area (TPSA) is 47.7 Å². The van der Waals surface area contributed by atoms with Crippen molar-refractivity contribution < 1.29 is 9.47 Å². The zero-order valence-corrected chi connectivity index (χ0v) is 15.8. The number of nitrogens with zero attached hydrogens (tertiary/aromatic N) is 1. The molecule has 130 valence electrons. The summed E-state index contributed by atoms with van der Waals surface area (Å²) in [5, 5.41) is 0. The standard InChI is InChI=1S/C18H30N2O2S/c1-6-20-11-10-16(19)18(12-20)23-13-14(2)17(22-5)9-7-8-15(3)21-4/h7-9H,6,10-13,19H2,1-5H3/b9-7-,15-8+,17-14-. The highest BCUT2D eigenvalue weighted by Crippen LogP contribution is 2.27. The van der Waals surface area contributed by atoms with Crippen LogP contribution in [0.1, 0.15) is 27.2 Å². The number of ether oxygens (including phenoxy) is 2. The Kier molecular flexibility index (Phi) is 8.95. The minimum Gasteiger partial charge on any atom is -0.501 e. The molecule has 0 unspecified atom stereocenters. The summed E-state index contributed by atoms with van der Waals surface area (Å²) in [5.41, 5.74) is 8.41. The molecule has 1 aliphatic rings. The predicted molar refractivity (Wildman–Crippen MR) is 100 cm³/mol. The van der Waals surface area contributed by atoms with Crippen molar-refractivity contribution in [3.63, 3.8) is 0 Å². The third kappa shape index (κ3) is 6.75. The fourth-order valence-corrected chi connectivity index (χ4v) is 3.29. The number of nitrogens with two attached hydrogens (primary N) is 1. The van der Waals surface area contributed by atoms with Gasteiger partial charge in [-0.05, 0) is 38.1 Å². The van der Waals surface area contributed by atoms with E-state index >= 15 is 0 Å². The van der Waals surface area contributed by atoms with Crippen LogP contribution in [0, 0.1) is 0 Å². The first kappa shape index (κ1) is 19.7. The molecule has 1 rings (SSSR count). The number of likely N-dealkylation sites (N-methyl/N-ethyl adjacent to an activating group) is 1. The molecule has 23 heavy (non-hydrogen) atoms. The molecule has 0 aromatic carbocycles. The van der Waals surface area contributed by atoms with Crippen molar-refractivity contribution in [1.82, 2.24) is 4.90 Å². The molecule has 0 aromatic heterocycles. The van der Waals surface area contributed by atoms with E-state index in [0.717, 1.165) is 49.0 Å². The third-order valence-electron chi connectivity index (χ3n) is 3.87. The van der Waals surface area contributed by atoms with Crippen LogP contribution in [-0.2, 0) is 9.47 Å². The van der Waals surface area contributed by atoms with Crippen LogP contribution >= 0.6 is 11.8 Å². The van der Waals surface area contributed by atoms with Crippen molar-refractivity contribution in [2.45, 2.75) is 27.2 Å². The van der Waals surface area contributed by atoms with Gasteiger partial charge in [-0.1, -0.05) is 13.0 Å². The second kappa shape index (κ2) is 10.4. The Balaban J connectivity index is 2.69. The van der Waals surface area contributed by atoms with Gasteiger partial charge in [-0.15, -0.1) is 11.8 Å². The lowest BCUT2D eigenvalue weighted by molar-refractivity contribution is 0.293. The molecule has 0 radical (unpaired) electrons. The Morgan fingerprint density at radius 2 is 2.04 bits per heavy atom. The molecule has 5 heteroatoms. The van der Waals surface area contributed by atoms with Crippen LogP contribution in [0.3, 0.4) is 0 Å². The highest BCUT2D eigenvalue weighted by atomic mass is 32.2. The van der Waals surface area contributed by atoms with Crippen molar-refractivity contribution in [2.24, 2.45) is 5.73 Å². The van der Waals surface area contributed by atoms with Crippen molar-refractivity contribution >= 4 is 11.8 Å². The molecule has 1 heterocycles. The number of hydrogen-bond acceptors (Lipinski definition) is 5. The van der Waals surface area contributed by atoms with E-state index < -0.39 is 0 Å². The lowest BCUT2D eigenvalue weighted by Crippen LogP contribution is -2.32. The number of thioether (sulfide) groups is 1. The van der Waals surface area contributed by atoms with E-state index in [1.807, 2.05) is 36.9 Å². The summed E-state index contributed by atoms with van der Waals surface area (Å²) in [6.07, 6.45) is 6.80. The first-order valence-electron chi connectivity index (χ1n) is 7.97. The maximum Gasteiger partial charge on any atom is 0.118 e. The number of hydrogen-bond donors (Lipinski definition) is 1. The summed E-state index contributed by atoms with van der Waals surface area (Å²) in [6, 6.07) is 0. The smallest absolute Gasteiger partial charge is 0.118 e. The number of rotatable bonds is 8. The Morgan fingerprint density at radius 1 is 1.30 bits per heavy atom. The second-order valence-corrected chi connectivity index (χ2v) is 6.62. The molecule has 0 amide bonds. The van der Waals surface area contributed by atoms with E-state index in [1.165, 1.54) is 10.5 Å². The highest BCUT2D eigenvalue weighted by molar-refractivity contribution is 8.03. The maximum absolute atomic E-state index is 6.17. The molecule has 0 bridgehead atoms. The molecular weight excluding hydrogens is 308 g/mol. The largest absolute Gasteiger partial charge is 0.501 e. The summed E-state index contributed by atoms with van der Waals surface area (Å²) in [6.45, 7) is 9.32. The Hall–Kier alpha value is -1.33. The zero-order valence-electron chi connectivity index (χ0n) is 15.0. The van der Waals surface area contributed by atoms with Gasteiger partial charge in [0.1, 0.15) is 5.76 Å². The summed E-state index contributed by atoms with van der Waals surface area (Å²) in [4.78, 5) is 3.72. The van der Waals surface area contributed by atoms with Crippen molar-refractivity contribution in [2.75, 3.05) is 39.6 Å². The zero-order chi connectivity index (χ0) is 17.2. The van der Waals surface area contributed by atoms with E-state index in [9.17, 15) is 0 Å². The molecule has 0 saturated carbocycles. The lowest BCUT2D eigenvalue weighted by atomic mass is 10.2. The molecule has 0 fully saturated rings. The van der Waals surface area contributed by atoms with E-state index in [4.69, 9.17) is 15.2 Å². The Labute approximate surface area is 145 Å². The van der Waals surface area contributed by atoms with Gasteiger partial charge in [-0.3, -0.25) is 4.90 Å². The van der Waals surface area contributed by atoms with Crippen molar-refractivity contribution in [3.05, 3.63) is 45.9 Å². The summed E-state index contributed by atoms with van der Waals surface area (Å²) >= 11 is 1.82. The second-order valence-electron chi connectivity index (χ2n) is 5.55. The highest BCUT2D eigenvalue weighted by Gasteiger charge is 2.16. The molecule has 0 saturated heterocycles. The Bertz CT molecular complexity index is 507. The molecule has 1 aliphatic heterocycles. The average molecular weight is 339 g/mol. The molecule has 0 aliphatic carbocycles. The van der Waals surface area contributed by atoms with E-state index in [-0.39, 0.29) is 0 Å². The summed E-state index contributed by atoms with van der Waals surface area (Å²) in [5.74, 6) is 2.64. The van der Waals surface area contributed by atoms with Gasteiger partial charge in [0.05, 0.1) is 20.0 Å². The van der Waals surface area contributed by atoms with Crippen LogP contribution in [-0.4, -0.2) is 44.5 Å². The monoisotopic (exact) mass is 338 g/mol. The lowest BCUT2D eigenvalue weighted by Gasteiger charge is -2.28. The van der Waals surface area contributed by atoms with Gasteiger partial charge in [0.15, 0.2) is 0 Å². The molecule has 2 N–H and O–H groups in total. The van der Waals surface area contributed by atoms with Crippen molar-refractivity contribution in [3.8, 4) is 0 Å². The van der Waals surface area contributed by atoms with Gasteiger partial charge in [0.25, 0.3) is 0 Å². The van der Waals surface area contributed by atoms with E-state index in [2.05, 4.69) is 18.7 Å². The SMILES string of the molecule is CCN1CCC(N)=C(SC/C(C)=C(/C=C\C=C(/C)OC)OC)C1. The van der Waals surface area contributed by atoms with Crippen LogP contribution in [0.25, 0.3) is 0 Å². The van der Waals surface area contributed by atoms with Crippen LogP contribution in [0.4, 0.5) is 0 Å².